The lowest BCUT2D eigenvalue weighted by atomic mass is 9.99. The normalized spacial score (nSPS) is 11.1. The maximum Gasteiger partial charge on any atom is 0.337 e. The van der Waals surface area contributed by atoms with Gasteiger partial charge in [-0.1, -0.05) is 13.8 Å². The SMILES string of the molecule is COC(=O)c1cc(Cc2cc(O)ccc2OCC(C)C)c2[nH]ncc2c1. The molecule has 0 aliphatic rings. The second kappa shape index (κ2) is 7.47. The predicted molar refractivity (Wildman–Crippen MR) is 98.7 cm³/mol. The van der Waals surface area contributed by atoms with Crippen molar-refractivity contribution in [2.45, 2.75) is 20.3 Å². The van der Waals surface area contributed by atoms with Gasteiger partial charge in [0.1, 0.15) is 11.5 Å². The molecule has 0 fully saturated rings. The summed E-state index contributed by atoms with van der Waals surface area (Å²) in [6.07, 6.45) is 2.15. The summed E-state index contributed by atoms with van der Waals surface area (Å²) in [6.45, 7) is 4.74. The van der Waals surface area contributed by atoms with Gasteiger partial charge in [0.15, 0.2) is 0 Å². The van der Waals surface area contributed by atoms with Crippen LogP contribution < -0.4 is 4.74 Å². The molecule has 1 heterocycles. The van der Waals surface area contributed by atoms with Crippen LogP contribution in [-0.4, -0.2) is 35.0 Å². The van der Waals surface area contributed by atoms with Crippen LogP contribution >= 0.6 is 0 Å². The van der Waals surface area contributed by atoms with Crippen LogP contribution in [0.3, 0.4) is 0 Å². The molecule has 6 heteroatoms. The molecule has 0 spiro atoms. The summed E-state index contributed by atoms with van der Waals surface area (Å²) in [5, 5.41) is 17.8. The molecule has 3 aromatic rings. The van der Waals surface area contributed by atoms with Crippen LogP contribution in [0, 0.1) is 5.92 Å². The number of aromatic amines is 1. The summed E-state index contributed by atoms with van der Waals surface area (Å²) in [7, 11) is 1.36. The van der Waals surface area contributed by atoms with Gasteiger partial charge in [0.05, 0.1) is 31.0 Å². The van der Waals surface area contributed by atoms with E-state index in [4.69, 9.17) is 9.47 Å². The standard InChI is InChI=1S/C20H22N2O4/c1-12(2)11-26-18-5-4-17(23)9-13(18)6-14-7-15(20(24)25-3)8-16-10-21-22-19(14)16/h4-5,7-10,12,23H,6,11H2,1-3H3,(H,21,22). The van der Waals surface area contributed by atoms with Gasteiger partial charge in [-0.15, -0.1) is 0 Å². The Morgan fingerprint density at radius 1 is 1.23 bits per heavy atom. The molecule has 0 radical (unpaired) electrons. The molecule has 0 bridgehead atoms. The van der Waals surface area contributed by atoms with Crippen molar-refractivity contribution in [3.8, 4) is 11.5 Å². The number of methoxy groups -OCH3 is 1. The van der Waals surface area contributed by atoms with Crippen LogP contribution in [0.2, 0.25) is 0 Å². The van der Waals surface area contributed by atoms with Gasteiger partial charge in [0.25, 0.3) is 0 Å². The summed E-state index contributed by atoms with van der Waals surface area (Å²) in [5.41, 5.74) is 3.01. The van der Waals surface area contributed by atoms with E-state index in [9.17, 15) is 9.90 Å². The summed E-state index contributed by atoms with van der Waals surface area (Å²) >= 11 is 0. The number of esters is 1. The van der Waals surface area contributed by atoms with Crippen molar-refractivity contribution < 1.29 is 19.4 Å². The number of ether oxygens (including phenoxy) is 2. The van der Waals surface area contributed by atoms with E-state index < -0.39 is 5.97 Å². The summed E-state index contributed by atoms with van der Waals surface area (Å²) in [5.74, 6) is 0.870. The molecule has 3 rings (SSSR count). The second-order valence-corrected chi connectivity index (χ2v) is 6.63. The highest BCUT2D eigenvalue weighted by Crippen LogP contribution is 2.29. The maximum absolute atomic E-state index is 12.0. The van der Waals surface area contributed by atoms with Crippen molar-refractivity contribution >= 4 is 16.9 Å². The number of phenolic OH excluding ortho intramolecular Hbond substituents is 1. The average molecular weight is 354 g/mol. The van der Waals surface area contributed by atoms with Gasteiger partial charge >= 0.3 is 5.97 Å². The number of nitrogens with zero attached hydrogens (tertiary/aromatic N) is 1. The molecule has 2 N–H and O–H groups in total. The van der Waals surface area contributed by atoms with E-state index in [1.165, 1.54) is 7.11 Å². The molecule has 136 valence electrons. The number of rotatable bonds is 6. The van der Waals surface area contributed by atoms with Gasteiger partial charge in [-0.3, -0.25) is 5.10 Å². The number of hydrogen-bond acceptors (Lipinski definition) is 5. The topological polar surface area (TPSA) is 84.4 Å². The van der Waals surface area contributed by atoms with Crippen molar-refractivity contribution in [1.29, 1.82) is 0 Å². The van der Waals surface area contributed by atoms with E-state index in [-0.39, 0.29) is 5.75 Å². The smallest absolute Gasteiger partial charge is 0.337 e. The molecule has 0 unspecified atom stereocenters. The molecule has 1 aromatic heterocycles. The highest BCUT2D eigenvalue weighted by molar-refractivity contribution is 5.95. The zero-order valence-electron chi connectivity index (χ0n) is 15.1. The van der Waals surface area contributed by atoms with Crippen LogP contribution in [0.4, 0.5) is 0 Å². The van der Waals surface area contributed by atoms with Crippen LogP contribution in [0.5, 0.6) is 11.5 Å². The fourth-order valence-electron chi connectivity index (χ4n) is 2.81. The Hall–Kier alpha value is -3.02. The molecule has 0 aliphatic carbocycles. The Bertz CT molecular complexity index is 931. The number of nitrogens with one attached hydrogen (secondary N) is 1. The lowest BCUT2D eigenvalue weighted by Gasteiger charge is -2.14. The monoisotopic (exact) mass is 354 g/mol. The quantitative estimate of drug-likeness (QED) is 0.660. The molecule has 26 heavy (non-hydrogen) atoms. The number of aromatic hydroxyl groups is 1. The zero-order valence-corrected chi connectivity index (χ0v) is 15.1. The minimum Gasteiger partial charge on any atom is -0.508 e. The van der Waals surface area contributed by atoms with Crippen LogP contribution in [0.15, 0.2) is 36.5 Å². The van der Waals surface area contributed by atoms with Crippen molar-refractivity contribution in [3.63, 3.8) is 0 Å². The van der Waals surface area contributed by atoms with E-state index >= 15 is 0 Å². The van der Waals surface area contributed by atoms with Crippen LogP contribution in [0.1, 0.15) is 35.3 Å². The second-order valence-electron chi connectivity index (χ2n) is 6.63. The summed E-state index contributed by atoms with van der Waals surface area (Å²) < 4.78 is 10.7. The van der Waals surface area contributed by atoms with Crippen LogP contribution in [-0.2, 0) is 11.2 Å². The van der Waals surface area contributed by atoms with Crippen molar-refractivity contribution in [2.75, 3.05) is 13.7 Å². The Morgan fingerprint density at radius 3 is 2.77 bits per heavy atom. The Kier molecular flexibility index (Phi) is 5.11. The highest BCUT2D eigenvalue weighted by atomic mass is 16.5. The number of aromatic nitrogens is 2. The number of H-pyrrole nitrogens is 1. The minimum atomic E-state index is -0.401. The van der Waals surface area contributed by atoms with Crippen molar-refractivity contribution in [3.05, 3.63) is 53.2 Å². The number of carbonyl (C=O) groups excluding carboxylic acids is 1. The number of phenols is 1. The maximum atomic E-state index is 12.0. The van der Waals surface area contributed by atoms with Gasteiger partial charge in [-0.25, -0.2) is 4.79 Å². The lowest BCUT2D eigenvalue weighted by molar-refractivity contribution is 0.0601. The number of hydrogen-bond donors (Lipinski definition) is 2. The fourth-order valence-corrected chi connectivity index (χ4v) is 2.81. The summed E-state index contributed by atoms with van der Waals surface area (Å²) in [6, 6.07) is 8.58. The molecule has 0 amide bonds. The van der Waals surface area contributed by atoms with Crippen molar-refractivity contribution in [2.24, 2.45) is 5.92 Å². The Morgan fingerprint density at radius 2 is 2.04 bits per heavy atom. The molecule has 0 atom stereocenters. The number of fused-ring (bicyclic) bond motifs is 1. The molecule has 0 aliphatic heterocycles. The minimum absolute atomic E-state index is 0.168. The third-order valence-corrected chi connectivity index (χ3v) is 4.05. The van der Waals surface area contributed by atoms with Gasteiger partial charge in [-0.05, 0) is 41.8 Å². The number of benzene rings is 2. The van der Waals surface area contributed by atoms with Gasteiger partial charge in [0, 0.05) is 17.4 Å². The first-order chi connectivity index (χ1) is 12.5. The van der Waals surface area contributed by atoms with E-state index in [0.29, 0.717) is 30.3 Å². The van der Waals surface area contributed by atoms with E-state index in [1.807, 2.05) is 0 Å². The molecule has 0 saturated heterocycles. The fraction of sp³-hybridized carbons (Fsp3) is 0.300. The molecule has 0 saturated carbocycles. The van der Waals surface area contributed by atoms with Gasteiger partial charge in [0.2, 0.25) is 0 Å². The first-order valence-corrected chi connectivity index (χ1v) is 8.47. The van der Waals surface area contributed by atoms with E-state index in [0.717, 1.165) is 22.0 Å². The van der Waals surface area contributed by atoms with Crippen LogP contribution in [0.25, 0.3) is 10.9 Å². The average Bonchev–Trinajstić information content (AvgIpc) is 3.09. The van der Waals surface area contributed by atoms with E-state index in [1.54, 1.807) is 36.5 Å². The van der Waals surface area contributed by atoms with Gasteiger partial charge < -0.3 is 14.6 Å². The first kappa shape index (κ1) is 17.8. The Labute approximate surface area is 151 Å². The predicted octanol–water partition coefficient (Wildman–Crippen LogP) is 3.68. The zero-order chi connectivity index (χ0) is 18.7. The summed E-state index contributed by atoms with van der Waals surface area (Å²) in [4.78, 5) is 12.0. The third-order valence-electron chi connectivity index (χ3n) is 4.05. The molecular weight excluding hydrogens is 332 g/mol. The largest absolute Gasteiger partial charge is 0.508 e. The van der Waals surface area contributed by atoms with Gasteiger partial charge in [-0.2, -0.15) is 5.10 Å². The Balaban J connectivity index is 2.01. The molecule has 6 nitrogen and oxygen atoms in total. The first-order valence-electron chi connectivity index (χ1n) is 8.47. The van der Waals surface area contributed by atoms with E-state index in [2.05, 4.69) is 24.0 Å². The third kappa shape index (κ3) is 3.79. The number of carbonyl (C=O) groups is 1. The van der Waals surface area contributed by atoms with Crippen molar-refractivity contribution in [1.82, 2.24) is 10.2 Å². The highest BCUT2D eigenvalue weighted by Gasteiger charge is 2.15. The molecular formula is C20H22N2O4. The lowest BCUT2D eigenvalue weighted by Crippen LogP contribution is -2.07. The molecule has 2 aromatic carbocycles.